The molecular weight excluding hydrogens is 436 g/mol. The van der Waals surface area contributed by atoms with E-state index in [1.807, 2.05) is 64.1 Å². The summed E-state index contributed by atoms with van der Waals surface area (Å²) in [6.45, 7) is 12.3. The highest BCUT2D eigenvalue weighted by atomic mass is 79.9. The molecule has 0 amide bonds. The van der Waals surface area contributed by atoms with Gasteiger partial charge in [0.05, 0.1) is 11.1 Å². The van der Waals surface area contributed by atoms with Crippen molar-refractivity contribution in [2.75, 3.05) is 0 Å². The van der Waals surface area contributed by atoms with Crippen LogP contribution in [0.2, 0.25) is 0 Å². The summed E-state index contributed by atoms with van der Waals surface area (Å²) in [5.41, 5.74) is 3.62. The molecule has 0 aliphatic heterocycles. The van der Waals surface area contributed by atoms with Crippen molar-refractivity contribution in [3.8, 4) is 0 Å². The molecule has 0 saturated heterocycles. The minimum Gasteiger partial charge on any atom is -0.200 e. The summed E-state index contributed by atoms with van der Waals surface area (Å²) >= 11 is 3.44. The molecule has 0 fully saturated rings. The first-order valence-electron chi connectivity index (χ1n) is 9.51. The fourth-order valence-electron chi connectivity index (χ4n) is 2.99. The molecule has 4 nitrogen and oxygen atoms in total. The number of halogens is 1. The molecule has 28 heavy (non-hydrogen) atoms. The quantitative estimate of drug-likeness (QED) is 0.395. The average Bonchev–Trinajstić information content (AvgIpc) is 2.61. The van der Waals surface area contributed by atoms with Crippen LogP contribution < -0.4 is 4.83 Å². The lowest BCUT2D eigenvalue weighted by Gasteiger charge is -2.22. The Bertz CT molecular complexity index is 935. The van der Waals surface area contributed by atoms with Crippen molar-refractivity contribution in [3.05, 3.63) is 63.1 Å². The smallest absolute Gasteiger partial charge is 0.200 e. The number of hydrogen-bond donors (Lipinski definition) is 1. The summed E-state index contributed by atoms with van der Waals surface area (Å²) < 4.78 is 27.3. The third-order valence-electron chi connectivity index (χ3n) is 4.63. The molecule has 152 valence electrons. The zero-order chi connectivity index (χ0) is 21.1. The first kappa shape index (κ1) is 22.6. The molecule has 2 aromatic rings. The van der Waals surface area contributed by atoms with E-state index in [1.165, 1.54) is 6.21 Å². The van der Waals surface area contributed by atoms with Crippen LogP contribution >= 0.6 is 15.9 Å². The fourth-order valence-corrected chi connectivity index (χ4v) is 4.87. The zero-order valence-corrected chi connectivity index (χ0v) is 19.7. The van der Waals surface area contributed by atoms with Crippen molar-refractivity contribution in [2.45, 2.75) is 64.2 Å². The van der Waals surface area contributed by atoms with Gasteiger partial charge in [-0.2, -0.15) is 13.5 Å². The predicted octanol–water partition coefficient (Wildman–Crippen LogP) is 6.13. The number of benzene rings is 2. The number of sulfonamides is 1. The largest absolute Gasteiger partial charge is 0.277 e. The van der Waals surface area contributed by atoms with E-state index in [0.717, 1.165) is 26.7 Å². The molecule has 1 N–H and O–H groups in total. The predicted molar refractivity (Wildman–Crippen MR) is 121 cm³/mol. The van der Waals surface area contributed by atoms with Gasteiger partial charge in [-0.15, -0.1) is 0 Å². The van der Waals surface area contributed by atoms with Gasteiger partial charge in [0, 0.05) is 10.0 Å². The molecule has 0 radical (unpaired) electrons. The lowest BCUT2D eigenvalue weighted by Crippen LogP contribution is -2.23. The van der Waals surface area contributed by atoms with E-state index in [9.17, 15) is 8.42 Å². The minimum absolute atomic E-state index is 0.0787. The van der Waals surface area contributed by atoms with Crippen LogP contribution in [0.3, 0.4) is 0 Å². The standard InChI is InChI=1S/C22H29BrN2O2S/c1-14(2)18-11-19(15(3)4)22(20(12-18)16(5)6)28(26,27)25-24-13-17-9-7-8-10-21(17)23/h7-16,25H,1-6H3/b24-13+. The Morgan fingerprint density at radius 2 is 1.46 bits per heavy atom. The molecule has 6 heteroatoms. The molecular formula is C22H29BrN2O2S. The minimum atomic E-state index is -3.80. The summed E-state index contributed by atoms with van der Waals surface area (Å²) in [5.74, 6) is 0.484. The molecule has 0 unspecified atom stereocenters. The maximum Gasteiger partial charge on any atom is 0.277 e. The van der Waals surface area contributed by atoms with Crippen molar-refractivity contribution in [3.63, 3.8) is 0 Å². The van der Waals surface area contributed by atoms with Gasteiger partial charge in [0.15, 0.2) is 0 Å². The van der Waals surface area contributed by atoms with Gasteiger partial charge < -0.3 is 0 Å². The Kier molecular flexibility index (Phi) is 7.46. The first-order chi connectivity index (χ1) is 13.0. The molecule has 0 heterocycles. The highest BCUT2D eigenvalue weighted by Crippen LogP contribution is 2.35. The van der Waals surface area contributed by atoms with E-state index in [0.29, 0.717) is 10.8 Å². The highest BCUT2D eigenvalue weighted by molar-refractivity contribution is 9.10. The van der Waals surface area contributed by atoms with Crippen LogP contribution in [0, 0.1) is 0 Å². The summed E-state index contributed by atoms with van der Waals surface area (Å²) in [6, 6.07) is 11.6. The van der Waals surface area contributed by atoms with Gasteiger partial charge in [-0.25, -0.2) is 4.83 Å². The normalized spacial score (nSPS) is 12.5. The van der Waals surface area contributed by atoms with Crippen LogP contribution in [0.5, 0.6) is 0 Å². The summed E-state index contributed by atoms with van der Waals surface area (Å²) in [4.78, 5) is 2.76. The molecule has 2 aromatic carbocycles. The van der Waals surface area contributed by atoms with E-state index >= 15 is 0 Å². The molecule has 0 saturated carbocycles. The van der Waals surface area contributed by atoms with Crippen molar-refractivity contribution in [1.82, 2.24) is 4.83 Å². The van der Waals surface area contributed by atoms with Crippen molar-refractivity contribution in [2.24, 2.45) is 5.10 Å². The lowest BCUT2D eigenvalue weighted by atomic mass is 9.89. The van der Waals surface area contributed by atoms with Crippen molar-refractivity contribution >= 4 is 32.2 Å². The van der Waals surface area contributed by atoms with Crippen LogP contribution in [0.4, 0.5) is 0 Å². The van der Waals surface area contributed by atoms with Crippen LogP contribution in [0.15, 0.2) is 50.9 Å². The first-order valence-corrected chi connectivity index (χ1v) is 11.8. The third-order valence-corrected chi connectivity index (χ3v) is 6.71. The van der Waals surface area contributed by atoms with Gasteiger partial charge in [0.25, 0.3) is 10.0 Å². The SMILES string of the molecule is CC(C)c1cc(C(C)C)c(S(=O)(=O)N/N=C/c2ccccc2Br)c(C(C)C)c1. The molecule has 2 rings (SSSR count). The topological polar surface area (TPSA) is 58.5 Å². The Hall–Kier alpha value is -1.66. The van der Waals surface area contributed by atoms with Gasteiger partial charge in [-0.05, 0) is 40.5 Å². The van der Waals surface area contributed by atoms with E-state index in [4.69, 9.17) is 0 Å². The molecule has 0 aliphatic rings. The maximum atomic E-state index is 13.2. The maximum absolute atomic E-state index is 13.2. The second kappa shape index (κ2) is 9.23. The number of rotatable bonds is 7. The monoisotopic (exact) mass is 464 g/mol. The molecule has 0 spiro atoms. The van der Waals surface area contributed by atoms with E-state index in [1.54, 1.807) is 0 Å². The number of nitrogens with zero attached hydrogens (tertiary/aromatic N) is 1. The summed E-state index contributed by atoms with van der Waals surface area (Å²) in [5, 5.41) is 4.02. The van der Waals surface area contributed by atoms with Crippen molar-refractivity contribution < 1.29 is 8.42 Å². The van der Waals surface area contributed by atoms with Gasteiger partial charge in [0.2, 0.25) is 0 Å². The molecule has 0 aliphatic carbocycles. The lowest BCUT2D eigenvalue weighted by molar-refractivity contribution is 0.579. The zero-order valence-electron chi connectivity index (χ0n) is 17.3. The number of hydrazone groups is 1. The van der Waals surface area contributed by atoms with Crippen LogP contribution in [-0.4, -0.2) is 14.6 Å². The second-order valence-corrected chi connectivity index (χ2v) is 10.3. The molecule has 0 atom stereocenters. The Morgan fingerprint density at radius 3 is 1.93 bits per heavy atom. The third kappa shape index (κ3) is 5.23. The average molecular weight is 465 g/mol. The fraction of sp³-hybridized carbons (Fsp3) is 0.409. The van der Waals surface area contributed by atoms with Crippen LogP contribution in [0.1, 0.15) is 81.5 Å². The van der Waals surface area contributed by atoms with Gasteiger partial charge in [-0.1, -0.05) is 87.8 Å². The summed E-state index contributed by atoms with van der Waals surface area (Å²) in [6.07, 6.45) is 1.51. The number of nitrogens with one attached hydrogen (secondary N) is 1. The van der Waals surface area contributed by atoms with E-state index in [-0.39, 0.29) is 11.8 Å². The van der Waals surface area contributed by atoms with Crippen molar-refractivity contribution in [1.29, 1.82) is 0 Å². The van der Waals surface area contributed by atoms with E-state index in [2.05, 4.69) is 39.7 Å². The Labute approximate surface area is 177 Å². The summed E-state index contributed by atoms with van der Waals surface area (Å²) in [7, 11) is -3.80. The Morgan fingerprint density at radius 1 is 0.929 bits per heavy atom. The van der Waals surface area contributed by atoms with Gasteiger partial charge in [-0.3, -0.25) is 0 Å². The van der Waals surface area contributed by atoms with Gasteiger partial charge >= 0.3 is 0 Å². The van der Waals surface area contributed by atoms with Crippen LogP contribution in [-0.2, 0) is 10.0 Å². The molecule has 0 bridgehead atoms. The second-order valence-electron chi connectivity index (χ2n) is 7.87. The Balaban J connectivity index is 2.53. The highest BCUT2D eigenvalue weighted by Gasteiger charge is 2.26. The van der Waals surface area contributed by atoms with E-state index < -0.39 is 10.0 Å². The van der Waals surface area contributed by atoms with Gasteiger partial charge in [0.1, 0.15) is 0 Å². The molecule has 0 aromatic heterocycles. The number of hydrogen-bond acceptors (Lipinski definition) is 3. The van der Waals surface area contributed by atoms with Crippen LogP contribution in [0.25, 0.3) is 0 Å².